The summed E-state index contributed by atoms with van der Waals surface area (Å²) < 4.78 is 25.1. The highest BCUT2D eigenvalue weighted by Gasteiger charge is 2.18. The maximum atomic E-state index is 12.1. The molecular weight excluding hydrogens is 300 g/mol. The molecule has 1 rings (SSSR count). The van der Waals surface area contributed by atoms with Crippen LogP contribution in [0.15, 0.2) is 29.2 Å². The van der Waals surface area contributed by atoms with E-state index in [1.54, 1.807) is 12.1 Å². The van der Waals surface area contributed by atoms with Crippen molar-refractivity contribution in [3.05, 3.63) is 29.8 Å². The van der Waals surface area contributed by atoms with Crippen molar-refractivity contribution in [1.29, 1.82) is 0 Å². The molecule has 1 atom stereocenters. The average molecular weight is 326 g/mol. The summed E-state index contributed by atoms with van der Waals surface area (Å²) >= 11 is 0. The van der Waals surface area contributed by atoms with Crippen LogP contribution in [0.25, 0.3) is 0 Å². The molecule has 0 aliphatic rings. The molecule has 1 amide bonds. The van der Waals surface area contributed by atoms with Crippen LogP contribution < -0.4 is 5.32 Å². The first kappa shape index (κ1) is 18.6. The van der Waals surface area contributed by atoms with Crippen LogP contribution in [0.4, 0.5) is 0 Å². The number of carbonyl (C=O) groups is 1. The van der Waals surface area contributed by atoms with E-state index in [1.165, 1.54) is 26.2 Å². The summed E-state index contributed by atoms with van der Waals surface area (Å²) in [6.07, 6.45) is 1.98. The number of benzene rings is 1. The Bertz CT molecular complexity index is 592. The largest absolute Gasteiger partial charge is 0.350 e. The lowest BCUT2D eigenvalue weighted by molar-refractivity contribution is 0.0937. The Kier molecular flexibility index (Phi) is 6.56. The molecule has 1 N–H and O–H groups in total. The molecule has 0 radical (unpaired) electrons. The maximum Gasteiger partial charge on any atom is 0.251 e. The Morgan fingerprint density at radius 2 is 1.64 bits per heavy atom. The van der Waals surface area contributed by atoms with Gasteiger partial charge in [0.05, 0.1) is 4.90 Å². The third-order valence-corrected chi connectivity index (χ3v) is 5.28. The van der Waals surface area contributed by atoms with E-state index in [4.69, 9.17) is 0 Å². The van der Waals surface area contributed by atoms with Gasteiger partial charge in [-0.1, -0.05) is 13.8 Å². The van der Waals surface area contributed by atoms with Gasteiger partial charge in [0.15, 0.2) is 0 Å². The predicted molar refractivity (Wildman–Crippen MR) is 88.3 cm³/mol. The summed E-state index contributed by atoms with van der Waals surface area (Å²) in [5, 5.41) is 2.93. The fourth-order valence-electron chi connectivity index (χ4n) is 1.95. The van der Waals surface area contributed by atoms with Crippen molar-refractivity contribution in [3.8, 4) is 0 Å². The van der Waals surface area contributed by atoms with Crippen LogP contribution in [-0.4, -0.2) is 38.8 Å². The number of amides is 1. The molecule has 5 nitrogen and oxygen atoms in total. The number of sulfonamides is 1. The van der Waals surface area contributed by atoms with Gasteiger partial charge in [0.2, 0.25) is 10.0 Å². The highest BCUT2D eigenvalue weighted by atomic mass is 32.2. The van der Waals surface area contributed by atoms with Gasteiger partial charge in [-0.05, 0) is 49.9 Å². The fourth-order valence-corrected chi connectivity index (χ4v) is 2.85. The van der Waals surface area contributed by atoms with E-state index in [0.29, 0.717) is 11.5 Å². The molecule has 0 unspecified atom stereocenters. The van der Waals surface area contributed by atoms with Gasteiger partial charge < -0.3 is 5.32 Å². The second-order valence-electron chi connectivity index (χ2n) is 6.16. The second kappa shape index (κ2) is 7.74. The monoisotopic (exact) mass is 326 g/mol. The van der Waals surface area contributed by atoms with E-state index >= 15 is 0 Å². The van der Waals surface area contributed by atoms with Crippen LogP contribution in [0.1, 0.15) is 44.0 Å². The molecule has 1 aromatic rings. The van der Waals surface area contributed by atoms with E-state index in [0.717, 1.165) is 17.1 Å². The first-order valence-corrected chi connectivity index (χ1v) is 8.92. The van der Waals surface area contributed by atoms with E-state index in [1.807, 2.05) is 6.92 Å². The Morgan fingerprint density at radius 1 is 1.09 bits per heavy atom. The Balaban J connectivity index is 2.73. The van der Waals surface area contributed by atoms with Gasteiger partial charge in [0, 0.05) is 25.7 Å². The topological polar surface area (TPSA) is 66.5 Å². The average Bonchev–Trinajstić information content (AvgIpc) is 2.45. The van der Waals surface area contributed by atoms with Crippen molar-refractivity contribution in [2.45, 2.75) is 44.6 Å². The zero-order chi connectivity index (χ0) is 16.9. The lowest BCUT2D eigenvalue weighted by Crippen LogP contribution is -2.32. The SMILES string of the molecule is CC(C)CC[C@H](C)NC(=O)c1ccc(S(=O)(=O)N(C)C)cc1. The van der Waals surface area contributed by atoms with Gasteiger partial charge in [0.25, 0.3) is 5.91 Å². The first-order valence-electron chi connectivity index (χ1n) is 7.48. The van der Waals surface area contributed by atoms with Crippen LogP contribution in [-0.2, 0) is 10.0 Å². The molecule has 124 valence electrons. The van der Waals surface area contributed by atoms with Gasteiger partial charge in [-0.3, -0.25) is 4.79 Å². The summed E-state index contributed by atoms with van der Waals surface area (Å²) in [5.41, 5.74) is 0.467. The highest BCUT2D eigenvalue weighted by Crippen LogP contribution is 2.14. The normalized spacial score (nSPS) is 13.4. The summed E-state index contributed by atoms with van der Waals surface area (Å²) in [6, 6.07) is 6.11. The minimum atomic E-state index is -3.46. The molecule has 0 spiro atoms. The summed E-state index contributed by atoms with van der Waals surface area (Å²) in [6.45, 7) is 6.28. The van der Waals surface area contributed by atoms with E-state index in [-0.39, 0.29) is 16.8 Å². The minimum absolute atomic E-state index is 0.0973. The van der Waals surface area contributed by atoms with Gasteiger partial charge in [-0.25, -0.2) is 12.7 Å². The van der Waals surface area contributed by atoms with Gasteiger partial charge >= 0.3 is 0 Å². The summed E-state index contributed by atoms with van der Waals surface area (Å²) in [7, 11) is -0.502. The third-order valence-electron chi connectivity index (χ3n) is 3.45. The van der Waals surface area contributed by atoms with Crippen LogP contribution in [0.2, 0.25) is 0 Å². The Hall–Kier alpha value is -1.40. The van der Waals surface area contributed by atoms with Crippen molar-refractivity contribution in [2.75, 3.05) is 14.1 Å². The Morgan fingerprint density at radius 3 is 2.09 bits per heavy atom. The quantitative estimate of drug-likeness (QED) is 0.837. The van der Waals surface area contributed by atoms with Crippen molar-refractivity contribution in [3.63, 3.8) is 0 Å². The lowest BCUT2D eigenvalue weighted by atomic mass is 10.0. The highest BCUT2D eigenvalue weighted by molar-refractivity contribution is 7.89. The molecule has 22 heavy (non-hydrogen) atoms. The number of hydrogen-bond acceptors (Lipinski definition) is 3. The molecule has 0 bridgehead atoms. The van der Waals surface area contributed by atoms with Crippen LogP contribution in [0.5, 0.6) is 0 Å². The molecular formula is C16H26N2O3S. The third kappa shape index (κ3) is 5.10. The molecule has 0 saturated heterocycles. The van der Waals surface area contributed by atoms with E-state index in [9.17, 15) is 13.2 Å². The zero-order valence-corrected chi connectivity index (χ0v) is 14.8. The van der Waals surface area contributed by atoms with Crippen molar-refractivity contribution >= 4 is 15.9 Å². The second-order valence-corrected chi connectivity index (χ2v) is 8.31. The minimum Gasteiger partial charge on any atom is -0.350 e. The summed E-state index contributed by atoms with van der Waals surface area (Å²) in [4.78, 5) is 12.3. The fraction of sp³-hybridized carbons (Fsp3) is 0.562. The van der Waals surface area contributed by atoms with Crippen LogP contribution in [0, 0.1) is 5.92 Å². The number of hydrogen-bond donors (Lipinski definition) is 1. The summed E-state index contributed by atoms with van der Waals surface area (Å²) in [5.74, 6) is 0.430. The molecule has 0 aliphatic heterocycles. The lowest BCUT2D eigenvalue weighted by Gasteiger charge is -2.15. The van der Waals surface area contributed by atoms with E-state index in [2.05, 4.69) is 19.2 Å². The number of nitrogens with zero attached hydrogens (tertiary/aromatic N) is 1. The molecule has 0 heterocycles. The smallest absolute Gasteiger partial charge is 0.251 e. The first-order chi connectivity index (χ1) is 10.1. The van der Waals surface area contributed by atoms with Crippen molar-refractivity contribution < 1.29 is 13.2 Å². The Labute approximate surface area is 133 Å². The standard InChI is InChI=1S/C16H26N2O3S/c1-12(2)6-7-13(3)17-16(19)14-8-10-15(11-9-14)22(20,21)18(4)5/h8-13H,6-7H2,1-5H3,(H,17,19)/t13-/m0/s1. The molecule has 6 heteroatoms. The number of rotatable bonds is 7. The van der Waals surface area contributed by atoms with Crippen molar-refractivity contribution in [2.24, 2.45) is 5.92 Å². The molecule has 1 aromatic carbocycles. The number of carbonyl (C=O) groups excluding carboxylic acids is 1. The molecule has 0 aromatic heterocycles. The van der Waals surface area contributed by atoms with Gasteiger partial charge in [-0.15, -0.1) is 0 Å². The predicted octanol–water partition coefficient (Wildman–Crippen LogP) is 2.49. The maximum absolute atomic E-state index is 12.1. The van der Waals surface area contributed by atoms with E-state index < -0.39 is 10.0 Å². The molecule has 0 saturated carbocycles. The number of nitrogens with one attached hydrogen (secondary N) is 1. The molecule has 0 fully saturated rings. The van der Waals surface area contributed by atoms with Crippen LogP contribution in [0.3, 0.4) is 0 Å². The van der Waals surface area contributed by atoms with Gasteiger partial charge in [0.1, 0.15) is 0 Å². The zero-order valence-electron chi connectivity index (χ0n) is 14.0. The van der Waals surface area contributed by atoms with Crippen molar-refractivity contribution in [1.82, 2.24) is 9.62 Å². The van der Waals surface area contributed by atoms with Gasteiger partial charge in [-0.2, -0.15) is 0 Å². The molecule has 0 aliphatic carbocycles. The van der Waals surface area contributed by atoms with Crippen LogP contribution >= 0.6 is 0 Å².